The third-order valence-corrected chi connectivity index (χ3v) is 5.49. The van der Waals surface area contributed by atoms with Crippen LogP contribution in [-0.2, 0) is 4.79 Å². The van der Waals surface area contributed by atoms with E-state index < -0.39 is 0 Å². The maximum absolute atomic E-state index is 11.6. The fourth-order valence-electron chi connectivity index (χ4n) is 2.89. The Balaban J connectivity index is 0.000000241. The van der Waals surface area contributed by atoms with Crippen LogP contribution in [0.4, 0.5) is 17.1 Å². The van der Waals surface area contributed by atoms with Crippen LogP contribution in [0, 0.1) is 0 Å². The number of hydrogen-bond acceptors (Lipinski definition) is 6. The maximum Gasteiger partial charge on any atom is 0.221 e. The summed E-state index contributed by atoms with van der Waals surface area (Å²) in [4.78, 5) is 22.7. The number of alkyl halides is 1. The molecule has 0 aromatic heterocycles. The van der Waals surface area contributed by atoms with E-state index in [4.69, 9.17) is 55.7 Å². The smallest absolute Gasteiger partial charge is 0.221 e. The largest absolute Gasteiger partial charge is 0.496 e. The monoisotopic (exact) mass is 523 g/mol. The predicted octanol–water partition coefficient (Wildman–Crippen LogP) is 5.91. The van der Waals surface area contributed by atoms with Gasteiger partial charge in [-0.1, -0.05) is 35.3 Å². The fraction of sp³-hybridized carbons (Fsp3) is 0.167. The first kappa shape index (κ1) is 27.1. The predicted molar refractivity (Wildman–Crippen MR) is 140 cm³/mol. The first-order valence-corrected chi connectivity index (χ1v) is 11.1. The van der Waals surface area contributed by atoms with Crippen LogP contribution in [0.25, 0.3) is 11.1 Å². The Labute approximate surface area is 212 Å². The zero-order valence-corrected chi connectivity index (χ0v) is 21.0. The lowest BCUT2D eigenvalue weighted by atomic mass is 10.1. The number of benzene rings is 3. The first-order valence-electron chi connectivity index (χ1n) is 9.84. The van der Waals surface area contributed by atoms with Gasteiger partial charge in [-0.25, -0.2) is 0 Å². The van der Waals surface area contributed by atoms with Crippen molar-refractivity contribution in [3.63, 3.8) is 0 Å². The number of nitrogen functional groups attached to an aromatic ring is 2. The number of amides is 1. The van der Waals surface area contributed by atoms with Crippen LogP contribution in [0.1, 0.15) is 17.3 Å². The van der Waals surface area contributed by atoms with Gasteiger partial charge in [0.2, 0.25) is 5.91 Å². The van der Waals surface area contributed by atoms with Gasteiger partial charge in [0.05, 0.1) is 52.8 Å². The Hall–Kier alpha value is -3.13. The molecule has 0 bridgehead atoms. The normalized spacial score (nSPS) is 10.1. The van der Waals surface area contributed by atoms with E-state index in [1.54, 1.807) is 24.3 Å². The number of nitrogens with two attached hydrogens (primary N) is 2. The van der Waals surface area contributed by atoms with Gasteiger partial charge in [-0.15, -0.1) is 11.6 Å². The summed E-state index contributed by atoms with van der Waals surface area (Å²) < 4.78 is 10.2. The van der Waals surface area contributed by atoms with Gasteiger partial charge >= 0.3 is 0 Å². The summed E-state index contributed by atoms with van der Waals surface area (Å²) in [5.74, 6) is 0.0385. The Kier molecular flexibility index (Phi) is 9.86. The SMILES string of the molecule is COc1cc(C(=O)CCl)c(OC)cc1NC(C)=O.Nc1ccc(-c2ccc(N)c(Cl)c2)cc1Cl. The lowest BCUT2D eigenvalue weighted by Gasteiger charge is -2.13. The molecule has 0 heterocycles. The van der Waals surface area contributed by atoms with Crippen LogP contribution in [-0.4, -0.2) is 31.8 Å². The van der Waals surface area contributed by atoms with Crippen molar-refractivity contribution in [3.8, 4) is 22.6 Å². The van der Waals surface area contributed by atoms with Crippen molar-refractivity contribution in [1.82, 2.24) is 0 Å². The van der Waals surface area contributed by atoms with Gasteiger partial charge in [-0.2, -0.15) is 0 Å². The molecule has 10 heteroatoms. The summed E-state index contributed by atoms with van der Waals surface area (Å²) >= 11 is 17.4. The number of nitrogens with one attached hydrogen (secondary N) is 1. The zero-order chi connectivity index (χ0) is 25.4. The number of anilines is 3. The van der Waals surface area contributed by atoms with Crippen molar-refractivity contribution >= 4 is 63.6 Å². The van der Waals surface area contributed by atoms with Gasteiger partial charge in [0.1, 0.15) is 11.5 Å². The minimum absolute atomic E-state index is 0.154. The lowest BCUT2D eigenvalue weighted by molar-refractivity contribution is -0.114. The van der Waals surface area contributed by atoms with Gasteiger partial charge < -0.3 is 26.3 Å². The lowest BCUT2D eigenvalue weighted by Crippen LogP contribution is -2.10. The van der Waals surface area contributed by atoms with Gasteiger partial charge in [0, 0.05) is 13.0 Å². The number of ether oxygens (including phenoxy) is 2. The summed E-state index contributed by atoms with van der Waals surface area (Å²) in [5.41, 5.74) is 15.1. The molecule has 0 fully saturated rings. The van der Waals surface area contributed by atoms with Crippen molar-refractivity contribution in [2.75, 3.05) is 36.9 Å². The molecule has 0 saturated heterocycles. The molecular formula is C24H24Cl3N3O4. The van der Waals surface area contributed by atoms with Crippen LogP contribution in [0.2, 0.25) is 10.0 Å². The van der Waals surface area contributed by atoms with Gasteiger partial charge in [-0.3, -0.25) is 9.59 Å². The molecule has 0 aliphatic heterocycles. The van der Waals surface area contributed by atoms with E-state index in [0.717, 1.165) is 11.1 Å². The second-order valence-electron chi connectivity index (χ2n) is 6.96. The van der Waals surface area contributed by atoms with Crippen LogP contribution in [0.15, 0.2) is 48.5 Å². The van der Waals surface area contributed by atoms with Crippen molar-refractivity contribution in [2.45, 2.75) is 6.92 Å². The molecule has 34 heavy (non-hydrogen) atoms. The van der Waals surface area contributed by atoms with E-state index in [0.29, 0.717) is 44.2 Å². The molecule has 0 aliphatic carbocycles. The average Bonchev–Trinajstić information content (AvgIpc) is 2.81. The van der Waals surface area contributed by atoms with Gasteiger partial charge in [0.25, 0.3) is 0 Å². The number of ketones is 1. The Morgan fingerprint density at radius 3 is 1.74 bits per heavy atom. The van der Waals surface area contributed by atoms with E-state index >= 15 is 0 Å². The Bertz CT molecular complexity index is 1150. The van der Waals surface area contributed by atoms with Crippen LogP contribution < -0.4 is 26.3 Å². The molecule has 180 valence electrons. The molecule has 0 radical (unpaired) electrons. The van der Waals surface area contributed by atoms with Crippen LogP contribution in [0.5, 0.6) is 11.5 Å². The van der Waals surface area contributed by atoms with E-state index in [2.05, 4.69) is 5.32 Å². The first-order chi connectivity index (χ1) is 16.1. The minimum atomic E-state index is -0.277. The van der Waals surface area contributed by atoms with Crippen molar-refractivity contribution < 1.29 is 19.1 Å². The number of carbonyl (C=O) groups excluding carboxylic acids is 2. The quantitative estimate of drug-likeness (QED) is 0.210. The number of hydrogen-bond donors (Lipinski definition) is 3. The highest BCUT2D eigenvalue weighted by molar-refractivity contribution is 6.34. The van der Waals surface area contributed by atoms with Gasteiger partial charge in [0.15, 0.2) is 5.78 Å². The van der Waals surface area contributed by atoms with Crippen LogP contribution in [0.3, 0.4) is 0 Å². The standard InChI is InChI=1S/C12H10Cl2N2.C12H14ClNO4/c13-9-5-7(1-3-11(9)15)8-2-4-12(16)10(14)6-8;1-7(15)14-9-5-11(17-2)8(10(16)6-13)4-12(9)18-3/h1-6H,15-16H2;4-5H,6H2,1-3H3,(H,14,15). The molecule has 7 nitrogen and oxygen atoms in total. The maximum atomic E-state index is 11.6. The summed E-state index contributed by atoms with van der Waals surface area (Å²) in [5, 5.41) is 3.66. The average molecular weight is 525 g/mol. The van der Waals surface area contributed by atoms with E-state index in [1.165, 1.54) is 33.3 Å². The van der Waals surface area contributed by atoms with Crippen molar-refractivity contribution in [2.24, 2.45) is 0 Å². The highest BCUT2D eigenvalue weighted by Crippen LogP contribution is 2.33. The molecule has 1 amide bonds. The van der Waals surface area contributed by atoms with Crippen LogP contribution >= 0.6 is 34.8 Å². The number of rotatable bonds is 6. The third-order valence-electron chi connectivity index (χ3n) is 4.59. The summed E-state index contributed by atoms with van der Waals surface area (Å²) in [6, 6.07) is 13.9. The summed E-state index contributed by atoms with van der Waals surface area (Å²) in [7, 11) is 2.88. The fourth-order valence-corrected chi connectivity index (χ4v) is 3.39. The number of halogens is 3. The molecule has 0 atom stereocenters. The number of methoxy groups -OCH3 is 2. The topological polar surface area (TPSA) is 117 Å². The van der Waals surface area contributed by atoms with E-state index in [1.807, 2.05) is 12.1 Å². The van der Waals surface area contributed by atoms with Crippen molar-refractivity contribution in [3.05, 3.63) is 64.1 Å². The molecule has 0 unspecified atom stereocenters. The molecule has 0 spiro atoms. The number of carbonyl (C=O) groups is 2. The van der Waals surface area contributed by atoms with Crippen molar-refractivity contribution in [1.29, 1.82) is 0 Å². The second-order valence-corrected chi connectivity index (χ2v) is 8.05. The minimum Gasteiger partial charge on any atom is -0.496 e. The molecule has 0 aliphatic rings. The Morgan fingerprint density at radius 2 is 1.35 bits per heavy atom. The highest BCUT2D eigenvalue weighted by Gasteiger charge is 2.17. The molecule has 3 rings (SSSR count). The molecule has 0 saturated carbocycles. The van der Waals surface area contributed by atoms with Gasteiger partial charge in [-0.05, 0) is 41.5 Å². The molecule has 3 aromatic carbocycles. The van der Waals surface area contributed by atoms with E-state index in [-0.39, 0.29) is 17.6 Å². The zero-order valence-electron chi connectivity index (χ0n) is 18.7. The number of Topliss-reactive ketones (excluding diaryl/α,β-unsaturated/α-hetero) is 1. The van der Waals surface area contributed by atoms with E-state index in [9.17, 15) is 9.59 Å². The third kappa shape index (κ3) is 6.93. The molecule has 5 N–H and O–H groups in total. The summed E-state index contributed by atoms with van der Waals surface area (Å²) in [6.45, 7) is 1.38. The summed E-state index contributed by atoms with van der Waals surface area (Å²) in [6.07, 6.45) is 0. The second kappa shape index (κ2) is 12.4. The molecular weight excluding hydrogens is 501 g/mol. The highest BCUT2D eigenvalue weighted by atomic mass is 35.5. The Morgan fingerprint density at radius 1 is 0.853 bits per heavy atom. The molecule has 3 aromatic rings.